The SMILES string of the molecule is C=NN/C(Cl)=C\C(C)=N. The van der Waals surface area contributed by atoms with Crippen LogP contribution in [-0.2, 0) is 0 Å². The Balaban J connectivity index is 3.83. The van der Waals surface area contributed by atoms with Gasteiger partial charge in [-0.3, -0.25) is 5.43 Å². The third-order valence-corrected chi connectivity index (χ3v) is 0.723. The van der Waals surface area contributed by atoms with E-state index in [0.717, 1.165) is 0 Å². The average molecular weight is 146 g/mol. The summed E-state index contributed by atoms with van der Waals surface area (Å²) in [5, 5.41) is 10.5. The van der Waals surface area contributed by atoms with E-state index in [1.54, 1.807) is 6.92 Å². The highest BCUT2D eigenvalue weighted by Crippen LogP contribution is 1.94. The first-order valence-corrected chi connectivity index (χ1v) is 2.68. The fourth-order valence-electron chi connectivity index (χ4n) is 0.298. The van der Waals surface area contributed by atoms with Crippen molar-refractivity contribution >= 4 is 24.0 Å². The number of rotatable bonds is 3. The van der Waals surface area contributed by atoms with Crippen molar-refractivity contribution in [3.63, 3.8) is 0 Å². The monoisotopic (exact) mass is 145 g/mol. The van der Waals surface area contributed by atoms with Crippen molar-refractivity contribution in [2.45, 2.75) is 6.92 Å². The molecule has 0 radical (unpaired) electrons. The van der Waals surface area contributed by atoms with E-state index in [2.05, 4.69) is 17.2 Å². The van der Waals surface area contributed by atoms with E-state index in [1.165, 1.54) is 6.08 Å². The lowest BCUT2D eigenvalue weighted by Crippen LogP contribution is -1.99. The molecule has 0 aromatic carbocycles. The number of nitrogens with zero attached hydrogens (tertiary/aromatic N) is 1. The molecule has 0 unspecified atom stereocenters. The Kier molecular flexibility index (Phi) is 3.71. The summed E-state index contributed by atoms with van der Waals surface area (Å²) in [6.07, 6.45) is 1.44. The molecule has 0 spiro atoms. The van der Waals surface area contributed by atoms with E-state index in [9.17, 15) is 0 Å². The Labute approximate surface area is 58.9 Å². The third-order valence-electron chi connectivity index (χ3n) is 0.529. The van der Waals surface area contributed by atoms with Crippen LogP contribution < -0.4 is 5.43 Å². The quantitative estimate of drug-likeness (QED) is 0.351. The summed E-state index contributed by atoms with van der Waals surface area (Å²) < 4.78 is 0. The topological polar surface area (TPSA) is 48.2 Å². The minimum absolute atomic E-state index is 0.303. The van der Waals surface area contributed by atoms with Crippen LogP contribution in [0.1, 0.15) is 6.92 Å². The van der Waals surface area contributed by atoms with Gasteiger partial charge in [-0.25, -0.2) is 0 Å². The predicted octanol–water partition coefficient (Wildman–Crippen LogP) is 1.31. The van der Waals surface area contributed by atoms with Crippen LogP contribution in [0.5, 0.6) is 0 Å². The van der Waals surface area contributed by atoms with Crippen molar-refractivity contribution in [1.29, 1.82) is 5.41 Å². The molecule has 0 bridgehead atoms. The number of nitrogens with one attached hydrogen (secondary N) is 2. The molecule has 0 amide bonds. The van der Waals surface area contributed by atoms with Gasteiger partial charge in [-0.1, -0.05) is 11.6 Å². The van der Waals surface area contributed by atoms with Crippen LogP contribution >= 0.6 is 11.6 Å². The fraction of sp³-hybridized carbons (Fsp3) is 0.200. The first-order chi connectivity index (χ1) is 4.16. The molecule has 0 aromatic rings. The number of hydrogen-bond donors (Lipinski definition) is 2. The van der Waals surface area contributed by atoms with Crippen LogP contribution in [0.4, 0.5) is 0 Å². The Hall–Kier alpha value is -0.830. The van der Waals surface area contributed by atoms with Gasteiger partial charge in [0.05, 0.1) is 0 Å². The first kappa shape index (κ1) is 8.17. The molecule has 0 fully saturated rings. The van der Waals surface area contributed by atoms with E-state index >= 15 is 0 Å². The van der Waals surface area contributed by atoms with E-state index in [-0.39, 0.29) is 0 Å². The van der Waals surface area contributed by atoms with Gasteiger partial charge in [-0.15, -0.1) is 0 Å². The van der Waals surface area contributed by atoms with Gasteiger partial charge in [0.25, 0.3) is 0 Å². The number of allylic oxidation sites excluding steroid dienone is 1. The molecule has 50 valence electrons. The van der Waals surface area contributed by atoms with E-state index < -0.39 is 0 Å². The number of hydrazone groups is 1. The molecule has 0 aromatic heterocycles. The second-order valence-electron chi connectivity index (χ2n) is 1.45. The molecule has 0 saturated heterocycles. The maximum Gasteiger partial charge on any atom is 0.124 e. The predicted molar refractivity (Wildman–Crippen MR) is 40.0 cm³/mol. The molecule has 0 saturated carbocycles. The summed E-state index contributed by atoms with van der Waals surface area (Å²) >= 11 is 5.45. The first-order valence-electron chi connectivity index (χ1n) is 2.31. The van der Waals surface area contributed by atoms with Crippen molar-refractivity contribution in [3.8, 4) is 0 Å². The molecule has 0 aliphatic heterocycles. The lowest BCUT2D eigenvalue weighted by atomic mass is 10.4. The molecule has 3 nitrogen and oxygen atoms in total. The van der Waals surface area contributed by atoms with E-state index in [4.69, 9.17) is 17.0 Å². The van der Waals surface area contributed by atoms with E-state index in [0.29, 0.717) is 10.9 Å². The zero-order valence-corrected chi connectivity index (χ0v) is 5.87. The smallest absolute Gasteiger partial charge is 0.124 e. The second-order valence-corrected chi connectivity index (χ2v) is 1.85. The normalized spacial score (nSPS) is 10.7. The van der Waals surface area contributed by atoms with Crippen LogP contribution in [0.15, 0.2) is 16.3 Å². The Morgan fingerprint density at radius 2 is 2.44 bits per heavy atom. The van der Waals surface area contributed by atoms with Crippen molar-refractivity contribution in [1.82, 2.24) is 5.43 Å². The van der Waals surface area contributed by atoms with Gasteiger partial charge in [0.1, 0.15) is 5.16 Å². The molecule has 0 aliphatic carbocycles. The molecule has 0 heterocycles. The maximum atomic E-state index is 6.94. The summed E-state index contributed by atoms with van der Waals surface area (Å²) in [5.74, 6) is 0. The van der Waals surface area contributed by atoms with Crippen molar-refractivity contribution in [2.24, 2.45) is 5.10 Å². The zero-order valence-electron chi connectivity index (χ0n) is 5.11. The Morgan fingerprint density at radius 1 is 1.89 bits per heavy atom. The van der Waals surface area contributed by atoms with Gasteiger partial charge in [0.2, 0.25) is 0 Å². The largest absolute Gasteiger partial charge is 0.306 e. The molecule has 2 N–H and O–H groups in total. The molecular weight excluding hydrogens is 138 g/mol. The van der Waals surface area contributed by atoms with Crippen molar-refractivity contribution in [3.05, 3.63) is 11.2 Å². The highest BCUT2D eigenvalue weighted by atomic mass is 35.5. The van der Waals surface area contributed by atoms with Gasteiger partial charge < -0.3 is 5.41 Å². The maximum absolute atomic E-state index is 6.94. The van der Waals surface area contributed by atoms with Crippen LogP contribution in [0, 0.1) is 5.41 Å². The van der Waals surface area contributed by atoms with Crippen LogP contribution in [-0.4, -0.2) is 12.4 Å². The zero-order chi connectivity index (χ0) is 7.28. The van der Waals surface area contributed by atoms with E-state index in [1.807, 2.05) is 0 Å². The van der Waals surface area contributed by atoms with Crippen LogP contribution in [0.25, 0.3) is 0 Å². The molecule has 9 heavy (non-hydrogen) atoms. The standard InChI is InChI=1S/C5H8ClN3/c1-4(7)3-5(6)9-8-2/h3,7,9H,2H2,1H3/b5-3-,7-4?. The molecule has 0 aliphatic rings. The lowest BCUT2D eigenvalue weighted by Gasteiger charge is -1.92. The summed E-state index contributed by atoms with van der Waals surface area (Å²) in [7, 11) is 0. The van der Waals surface area contributed by atoms with Gasteiger partial charge in [0, 0.05) is 12.4 Å². The lowest BCUT2D eigenvalue weighted by molar-refractivity contribution is 0.959. The third kappa shape index (κ3) is 5.03. The molecule has 0 rings (SSSR count). The average Bonchev–Trinajstić information content (AvgIpc) is 1.63. The summed E-state index contributed by atoms with van der Waals surface area (Å²) in [6.45, 7) is 4.77. The Bertz CT molecular complexity index is 150. The fourth-order valence-corrected chi connectivity index (χ4v) is 0.521. The van der Waals surface area contributed by atoms with Gasteiger partial charge >= 0.3 is 0 Å². The minimum atomic E-state index is 0.303. The van der Waals surface area contributed by atoms with Gasteiger partial charge in [0.15, 0.2) is 0 Å². The summed E-state index contributed by atoms with van der Waals surface area (Å²) in [6, 6.07) is 0. The number of hydrogen-bond acceptors (Lipinski definition) is 3. The van der Waals surface area contributed by atoms with Crippen LogP contribution in [0.3, 0.4) is 0 Å². The van der Waals surface area contributed by atoms with Gasteiger partial charge in [-0.2, -0.15) is 5.10 Å². The van der Waals surface area contributed by atoms with Crippen molar-refractivity contribution < 1.29 is 0 Å². The molecule has 4 heteroatoms. The minimum Gasteiger partial charge on any atom is -0.306 e. The second kappa shape index (κ2) is 4.09. The molecule has 0 atom stereocenters. The number of halogens is 1. The van der Waals surface area contributed by atoms with Crippen LogP contribution in [0.2, 0.25) is 0 Å². The Morgan fingerprint density at radius 3 is 2.78 bits per heavy atom. The highest BCUT2D eigenvalue weighted by molar-refractivity contribution is 6.30. The van der Waals surface area contributed by atoms with Crippen molar-refractivity contribution in [2.75, 3.05) is 0 Å². The summed E-state index contributed by atoms with van der Waals surface area (Å²) in [5.41, 5.74) is 2.75. The summed E-state index contributed by atoms with van der Waals surface area (Å²) in [4.78, 5) is 0. The highest BCUT2D eigenvalue weighted by Gasteiger charge is 1.85. The van der Waals surface area contributed by atoms with Gasteiger partial charge in [-0.05, 0) is 13.0 Å². The molecular formula is C5H8ClN3.